The number of fused-ring (bicyclic) bond motifs is 1. The fraction of sp³-hybridized carbons (Fsp3) is 0.588. The third-order valence-electron chi connectivity index (χ3n) is 4.70. The summed E-state index contributed by atoms with van der Waals surface area (Å²) in [4.78, 5) is 16.4. The molecule has 2 aromatic rings. The van der Waals surface area contributed by atoms with Gasteiger partial charge in [-0.3, -0.25) is 4.90 Å². The van der Waals surface area contributed by atoms with Gasteiger partial charge >= 0.3 is 6.03 Å². The standard InChI is InChI=1S/C17H25N5O2/c1-13-5-3-4-9-22(13)10-8-18-17(23)21(2)12-14-6-7-15-16(11-14)20-24-19-15/h6-7,11,13H,3-5,8-10,12H2,1-2H3,(H,18,23). The fourth-order valence-electron chi connectivity index (χ4n) is 3.20. The largest absolute Gasteiger partial charge is 0.337 e. The number of nitrogens with one attached hydrogen (secondary N) is 1. The Labute approximate surface area is 141 Å². The van der Waals surface area contributed by atoms with Crippen LogP contribution in [0.2, 0.25) is 0 Å². The minimum Gasteiger partial charge on any atom is -0.337 e. The first-order valence-electron chi connectivity index (χ1n) is 8.57. The van der Waals surface area contributed by atoms with Gasteiger partial charge in [-0.15, -0.1) is 0 Å². The Morgan fingerprint density at radius 2 is 2.21 bits per heavy atom. The van der Waals surface area contributed by atoms with Crippen LogP contribution < -0.4 is 5.32 Å². The van der Waals surface area contributed by atoms with E-state index in [1.165, 1.54) is 19.3 Å². The number of likely N-dealkylation sites (tertiary alicyclic amines) is 1. The Bertz CT molecular complexity index is 686. The Balaban J connectivity index is 1.45. The molecule has 1 aliphatic heterocycles. The van der Waals surface area contributed by atoms with Crippen molar-refractivity contribution in [2.45, 2.75) is 38.8 Å². The molecular weight excluding hydrogens is 306 g/mol. The summed E-state index contributed by atoms with van der Waals surface area (Å²) in [6.07, 6.45) is 3.84. The van der Waals surface area contributed by atoms with Crippen LogP contribution in [0.15, 0.2) is 22.8 Å². The molecule has 1 aliphatic rings. The summed E-state index contributed by atoms with van der Waals surface area (Å²) in [5.41, 5.74) is 2.43. The van der Waals surface area contributed by atoms with Crippen molar-refractivity contribution in [3.8, 4) is 0 Å². The zero-order valence-corrected chi connectivity index (χ0v) is 14.4. The van der Waals surface area contributed by atoms with Crippen molar-refractivity contribution >= 4 is 17.1 Å². The Morgan fingerprint density at radius 3 is 3.04 bits per heavy atom. The van der Waals surface area contributed by atoms with Crippen molar-refractivity contribution < 1.29 is 9.42 Å². The van der Waals surface area contributed by atoms with Crippen LogP contribution in [-0.4, -0.2) is 58.9 Å². The molecule has 1 unspecified atom stereocenters. The lowest BCUT2D eigenvalue weighted by Crippen LogP contribution is -2.44. The number of carbonyl (C=O) groups excluding carboxylic acids is 1. The predicted molar refractivity (Wildman–Crippen MR) is 91.6 cm³/mol. The molecule has 0 aliphatic carbocycles. The molecule has 0 radical (unpaired) electrons. The van der Waals surface area contributed by atoms with E-state index in [1.54, 1.807) is 11.9 Å². The molecule has 7 nitrogen and oxygen atoms in total. The number of urea groups is 1. The topological polar surface area (TPSA) is 74.5 Å². The van der Waals surface area contributed by atoms with Gasteiger partial charge in [0, 0.05) is 32.7 Å². The third-order valence-corrected chi connectivity index (χ3v) is 4.70. The van der Waals surface area contributed by atoms with E-state index in [4.69, 9.17) is 4.63 Å². The van der Waals surface area contributed by atoms with Crippen LogP contribution in [0.5, 0.6) is 0 Å². The molecule has 1 N–H and O–H groups in total. The number of hydrogen-bond acceptors (Lipinski definition) is 5. The van der Waals surface area contributed by atoms with Gasteiger partial charge in [0.1, 0.15) is 11.0 Å². The summed E-state index contributed by atoms with van der Waals surface area (Å²) >= 11 is 0. The zero-order valence-electron chi connectivity index (χ0n) is 14.4. The van der Waals surface area contributed by atoms with Gasteiger partial charge in [0.2, 0.25) is 0 Å². The minimum atomic E-state index is -0.0574. The molecule has 1 aromatic carbocycles. The average molecular weight is 331 g/mol. The summed E-state index contributed by atoms with van der Waals surface area (Å²) in [5, 5.41) is 10.6. The number of carbonyl (C=O) groups is 1. The maximum atomic E-state index is 12.2. The Kier molecular flexibility index (Phi) is 5.30. The average Bonchev–Trinajstić information content (AvgIpc) is 3.04. The van der Waals surface area contributed by atoms with Gasteiger partial charge < -0.3 is 10.2 Å². The monoisotopic (exact) mass is 331 g/mol. The Hall–Kier alpha value is -2.15. The van der Waals surface area contributed by atoms with Gasteiger partial charge in [-0.05, 0) is 54.3 Å². The first-order valence-corrected chi connectivity index (χ1v) is 8.57. The lowest BCUT2D eigenvalue weighted by Gasteiger charge is -2.33. The molecule has 0 bridgehead atoms. The van der Waals surface area contributed by atoms with Crippen molar-refractivity contribution in [1.82, 2.24) is 25.4 Å². The minimum absolute atomic E-state index is 0.0574. The number of amides is 2. The SMILES string of the molecule is CC1CCCCN1CCNC(=O)N(C)Cc1ccc2nonc2c1. The second-order valence-electron chi connectivity index (χ2n) is 6.56. The lowest BCUT2D eigenvalue weighted by molar-refractivity contribution is 0.159. The highest BCUT2D eigenvalue weighted by Crippen LogP contribution is 2.15. The zero-order chi connectivity index (χ0) is 16.9. The van der Waals surface area contributed by atoms with Crippen molar-refractivity contribution in [1.29, 1.82) is 0 Å². The summed E-state index contributed by atoms with van der Waals surface area (Å²) in [6, 6.07) is 6.25. The number of aromatic nitrogens is 2. The molecule has 1 fully saturated rings. The number of piperidine rings is 1. The van der Waals surface area contributed by atoms with Crippen molar-refractivity contribution in [3.05, 3.63) is 23.8 Å². The number of rotatable bonds is 5. The summed E-state index contributed by atoms with van der Waals surface area (Å²) in [5.74, 6) is 0. The molecule has 7 heteroatoms. The molecule has 24 heavy (non-hydrogen) atoms. The lowest BCUT2D eigenvalue weighted by atomic mass is 10.0. The van der Waals surface area contributed by atoms with Crippen LogP contribution in [0.1, 0.15) is 31.7 Å². The van der Waals surface area contributed by atoms with Gasteiger partial charge in [-0.1, -0.05) is 12.5 Å². The highest BCUT2D eigenvalue weighted by molar-refractivity contribution is 5.75. The smallest absolute Gasteiger partial charge is 0.317 e. The van der Waals surface area contributed by atoms with Gasteiger partial charge in [0.15, 0.2) is 0 Å². The first kappa shape index (κ1) is 16.7. The van der Waals surface area contributed by atoms with E-state index >= 15 is 0 Å². The second-order valence-corrected chi connectivity index (χ2v) is 6.56. The molecule has 2 amide bonds. The van der Waals surface area contributed by atoms with E-state index in [2.05, 4.69) is 27.5 Å². The molecule has 130 valence electrons. The van der Waals surface area contributed by atoms with Gasteiger partial charge in [-0.2, -0.15) is 0 Å². The molecular formula is C17H25N5O2. The number of nitrogens with zero attached hydrogens (tertiary/aromatic N) is 4. The fourth-order valence-corrected chi connectivity index (χ4v) is 3.20. The summed E-state index contributed by atoms with van der Waals surface area (Å²) < 4.78 is 4.69. The van der Waals surface area contributed by atoms with Crippen LogP contribution in [0, 0.1) is 0 Å². The Morgan fingerprint density at radius 1 is 1.38 bits per heavy atom. The van der Waals surface area contributed by atoms with Crippen LogP contribution in [-0.2, 0) is 6.54 Å². The summed E-state index contributed by atoms with van der Waals surface area (Å²) in [6.45, 7) is 5.52. The normalized spacial score (nSPS) is 18.7. The van der Waals surface area contributed by atoms with Crippen LogP contribution in [0.3, 0.4) is 0 Å². The van der Waals surface area contributed by atoms with Gasteiger partial charge in [0.25, 0.3) is 0 Å². The highest BCUT2D eigenvalue weighted by Gasteiger charge is 2.18. The van der Waals surface area contributed by atoms with Crippen LogP contribution >= 0.6 is 0 Å². The second kappa shape index (κ2) is 7.61. The molecule has 2 heterocycles. The molecule has 1 saturated heterocycles. The van der Waals surface area contributed by atoms with E-state index in [0.29, 0.717) is 24.6 Å². The van der Waals surface area contributed by atoms with E-state index in [1.807, 2.05) is 18.2 Å². The van der Waals surface area contributed by atoms with Gasteiger partial charge in [-0.25, -0.2) is 9.42 Å². The molecule has 1 aromatic heterocycles. The van der Waals surface area contributed by atoms with Crippen molar-refractivity contribution in [2.24, 2.45) is 0 Å². The maximum Gasteiger partial charge on any atom is 0.317 e. The quantitative estimate of drug-likeness (QED) is 0.909. The molecule has 1 atom stereocenters. The van der Waals surface area contributed by atoms with Gasteiger partial charge in [0.05, 0.1) is 0 Å². The molecule has 0 spiro atoms. The van der Waals surface area contributed by atoms with Crippen molar-refractivity contribution in [2.75, 3.05) is 26.7 Å². The first-order chi connectivity index (χ1) is 11.6. The highest BCUT2D eigenvalue weighted by atomic mass is 16.6. The van der Waals surface area contributed by atoms with Crippen LogP contribution in [0.4, 0.5) is 4.79 Å². The molecule has 3 rings (SSSR count). The summed E-state index contributed by atoms with van der Waals surface area (Å²) in [7, 11) is 1.80. The van der Waals surface area contributed by atoms with E-state index in [0.717, 1.165) is 24.2 Å². The number of benzene rings is 1. The van der Waals surface area contributed by atoms with E-state index < -0.39 is 0 Å². The maximum absolute atomic E-state index is 12.2. The van der Waals surface area contributed by atoms with E-state index in [9.17, 15) is 4.79 Å². The molecule has 0 saturated carbocycles. The van der Waals surface area contributed by atoms with E-state index in [-0.39, 0.29) is 6.03 Å². The van der Waals surface area contributed by atoms with Crippen LogP contribution in [0.25, 0.3) is 11.0 Å². The number of hydrogen-bond donors (Lipinski definition) is 1. The third kappa shape index (κ3) is 4.03. The predicted octanol–water partition coefficient (Wildman–Crippen LogP) is 2.24. The van der Waals surface area contributed by atoms with Crippen molar-refractivity contribution in [3.63, 3.8) is 0 Å².